The molecule has 0 saturated carbocycles. The fraction of sp³-hybridized carbons (Fsp3) is 0.643. The van der Waals surface area contributed by atoms with E-state index in [2.05, 4.69) is 59.6 Å². The number of rotatable bonds is 3. The van der Waals surface area contributed by atoms with Crippen LogP contribution in [0.15, 0.2) is 21.8 Å². The summed E-state index contributed by atoms with van der Waals surface area (Å²) in [4.78, 5) is 7.17. The number of thioether (sulfide) groups is 1. The van der Waals surface area contributed by atoms with Crippen LogP contribution in [0.3, 0.4) is 0 Å². The highest BCUT2D eigenvalue weighted by molar-refractivity contribution is 8.00. The molecule has 1 saturated heterocycles. The fourth-order valence-electron chi connectivity index (χ4n) is 2.17. The van der Waals surface area contributed by atoms with Crippen molar-refractivity contribution in [3.63, 3.8) is 0 Å². The predicted octanol–water partition coefficient (Wildman–Crippen LogP) is 3.04. The van der Waals surface area contributed by atoms with E-state index >= 15 is 0 Å². The van der Waals surface area contributed by atoms with E-state index in [4.69, 9.17) is 4.99 Å². The third-order valence-corrected chi connectivity index (χ3v) is 5.08. The number of hydrogen-bond donors (Lipinski definition) is 1. The highest BCUT2D eigenvalue weighted by atomic mass is 32.2. The monoisotopic (exact) mass is 297 g/mol. The van der Waals surface area contributed by atoms with E-state index in [9.17, 15) is 0 Å². The van der Waals surface area contributed by atoms with Crippen molar-refractivity contribution in [1.29, 1.82) is 0 Å². The van der Waals surface area contributed by atoms with Crippen molar-refractivity contribution in [2.45, 2.75) is 32.1 Å². The van der Waals surface area contributed by atoms with Crippen LogP contribution < -0.4 is 5.32 Å². The molecule has 5 heteroatoms. The molecular formula is C14H23N3S2. The summed E-state index contributed by atoms with van der Waals surface area (Å²) in [6, 6.07) is 2.15. The molecular weight excluding hydrogens is 274 g/mol. The van der Waals surface area contributed by atoms with Gasteiger partial charge in [-0.1, -0.05) is 0 Å². The lowest BCUT2D eigenvalue weighted by Crippen LogP contribution is -2.50. The highest BCUT2D eigenvalue weighted by Gasteiger charge is 2.28. The van der Waals surface area contributed by atoms with Crippen LogP contribution in [-0.2, 0) is 6.54 Å². The van der Waals surface area contributed by atoms with Crippen LogP contribution in [0.5, 0.6) is 0 Å². The third-order valence-electron chi connectivity index (χ3n) is 3.05. The number of thiophene rings is 1. The van der Waals surface area contributed by atoms with Gasteiger partial charge in [-0.05, 0) is 43.2 Å². The number of nitrogens with zero attached hydrogens (tertiary/aromatic N) is 2. The molecule has 0 aromatic carbocycles. The van der Waals surface area contributed by atoms with Crippen LogP contribution in [0.25, 0.3) is 0 Å². The summed E-state index contributed by atoms with van der Waals surface area (Å²) in [7, 11) is 0. The van der Waals surface area contributed by atoms with Crippen molar-refractivity contribution in [2.75, 3.05) is 25.4 Å². The van der Waals surface area contributed by atoms with Gasteiger partial charge in [-0.15, -0.1) is 0 Å². The SMILES string of the molecule is CCNC(=NCc1ccsc1)N1CCSC(C)(C)C1. The van der Waals surface area contributed by atoms with E-state index in [-0.39, 0.29) is 0 Å². The average molecular weight is 297 g/mol. The summed E-state index contributed by atoms with van der Waals surface area (Å²) in [6.07, 6.45) is 0. The molecule has 1 fully saturated rings. The molecule has 3 nitrogen and oxygen atoms in total. The first-order chi connectivity index (χ1) is 9.11. The minimum atomic E-state index is 0.316. The van der Waals surface area contributed by atoms with Crippen molar-refractivity contribution in [2.24, 2.45) is 4.99 Å². The third kappa shape index (κ3) is 4.42. The van der Waals surface area contributed by atoms with Gasteiger partial charge in [0, 0.05) is 30.1 Å². The zero-order valence-corrected chi connectivity index (χ0v) is 13.6. The van der Waals surface area contributed by atoms with Crippen molar-refractivity contribution >= 4 is 29.1 Å². The van der Waals surface area contributed by atoms with E-state index in [0.717, 1.165) is 32.1 Å². The van der Waals surface area contributed by atoms with E-state index in [1.54, 1.807) is 11.3 Å². The van der Waals surface area contributed by atoms with Crippen molar-refractivity contribution in [3.05, 3.63) is 22.4 Å². The molecule has 0 bridgehead atoms. The Labute approximate surface area is 124 Å². The van der Waals surface area contributed by atoms with Gasteiger partial charge in [0.2, 0.25) is 0 Å². The van der Waals surface area contributed by atoms with Crippen LogP contribution in [-0.4, -0.2) is 41.0 Å². The maximum absolute atomic E-state index is 4.77. The Morgan fingerprint density at radius 3 is 3.00 bits per heavy atom. The van der Waals surface area contributed by atoms with Crippen LogP contribution in [0, 0.1) is 0 Å². The van der Waals surface area contributed by atoms with E-state index in [0.29, 0.717) is 4.75 Å². The zero-order chi connectivity index (χ0) is 13.7. The maximum Gasteiger partial charge on any atom is 0.194 e. The number of hydrogen-bond acceptors (Lipinski definition) is 3. The summed E-state index contributed by atoms with van der Waals surface area (Å²) < 4.78 is 0.316. The number of nitrogens with one attached hydrogen (secondary N) is 1. The molecule has 0 aliphatic carbocycles. The van der Waals surface area contributed by atoms with E-state index < -0.39 is 0 Å². The summed E-state index contributed by atoms with van der Waals surface area (Å²) in [5.41, 5.74) is 1.30. The minimum Gasteiger partial charge on any atom is -0.357 e. The van der Waals surface area contributed by atoms with Crippen LogP contribution in [0.2, 0.25) is 0 Å². The van der Waals surface area contributed by atoms with Crippen molar-refractivity contribution in [1.82, 2.24) is 10.2 Å². The molecule has 0 spiro atoms. The zero-order valence-electron chi connectivity index (χ0n) is 12.0. The molecule has 1 aliphatic heterocycles. The Balaban J connectivity index is 2.04. The quantitative estimate of drug-likeness (QED) is 0.686. The molecule has 106 valence electrons. The first kappa shape index (κ1) is 14.7. The van der Waals surface area contributed by atoms with Crippen LogP contribution in [0.1, 0.15) is 26.3 Å². The van der Waals surface area contributed by atoms with Gasteiger partial charge in [0.05, 0.1) is 6.54 Å². The van der Waals surface area contributed by atoms with Crippen molar-refractivity contribution < 1.29 is 0 Å². The van der Waals surface area contributed by atoms with Gasteiger partial charge >= 0.3 is 0 Å². The van der Waals surface area contributed by atoms with Gasteiger partial charge in [-0.3, -0.25) is 0 Å². The second-order valence-electron chi connectivity index (χ2n) is 5.33. The predicted molar refractivity (Wildman–Crippen MR) is 87.2 cm³/mol. The van der Waals surface area contributed by atoms with Gasteiger partial charge in [0.15, 0.2) is 5.96 Å². The molecule has 1 aliphatic rings. The van der Waals surface area contributed by atoms with Crippen LogP contribution in [0.4, 0.5) is 0 Å². The Hall–Kier alpha value is -0.680. The Morgan fingerprint density at radius 2 is 2.37 bits per heavy atom. The molecule has 0 atom stereocenters. The Kier molecular flexibility index (Phi) is 5.16. The first-order valence-electron chi connectivity index (χ1n) is 6.79. The highest BCUT2D eigenvalue weighted by Crippen LogP contribution is 2.29. The molecule has 2 rings (SSSR count). The van der Waals surface area contributed by atoms with Crippen LogP contribution >= 0.6 is 23.1 Å². The number of guanidine groups is 1. The topological polar surface area (TPSA) is 27.6 Å². The van der Waals surface area contributed by atoms with Gasteiger partial charge < -0.3 is 10.2 Å². The molecule has 0 radical (unpaired) electrons. The second kappa shape index (κ2) is 6.66. The van der Waals surface area contributed by atoms with Gasteiger partial charge in [-0.2, -0.15) is 23.1 Å². The Bertz CT molecular complexity index is 412. The smallest absolute Gasteiger partial charge is 0.194 e. The minimum absolute atomic E-state index is 0.316. The molecule has 19 heavy (non-hydrogen) atoms. The molecule has 1 aromatic heterocycles. The summed E-state index contributed by atoms with van der Waals surface area (Å²) in [6.45, 7) is 10.6. The Morgan fingerprint density at radius 1 is 1.53 bits per heavy atom. The maximum atomic E-state index is 4.77. The largest absolute Gasteiger partial charge is 0.357 e. The van der Waals surface area contributed by atoms with Crippen molar-refractivity contribution in [3.8, 4) is 0 Å². The molecule has 1 aromatic rings. The lowest BCUT2D eigenvalue weighted by molar-refractivity contribution is 0.376. The van der Waals surface area contributed by atoms with E-state index in [1.807, 2.05) is 0 Å². The lowest BCUT2D eigenvalue weighted by Gasteiger charge is -2.39. The van der Waals surface area contributed by atoms with Gasteiger partial charge in [0.25, 0.3) is 0 Å². The van der Waals surface area contributed by atoms with Gasteiger partial charge in [0.1, 0.15) is 0 Å². The summed E-state index contributed by atoms with van der Waals surface area (Å²) >= 11 is 3.79. The van der Waals surface area contributed by atoms with Gasteiger partial charge in [-0.25, -0.2) is 4.99 Å². The second-order valence-corrected chi connectivity index (χ2v) is 7.91. The average Bonchev–Trinajstić information content (AvgIpc) is 2.86. The van der Waals surface area contributed by atoms with E-state index in [1.165, 1.54) is 11.3 Å². The fourth-order valence-corrected chi connectivity index (χ4v) is 3.94. The lowest BCUT2D eigenvalue weighted by atomic mass is 10.2. The first-order valence-corrected chi connectivity index (χ1v) is 8.72. The molecule has 0 amide bonds. The standard InChI is InChI=1S/C14H23N3S2/c1-4-15-13(16-9-12-5-7-18-10-12)17-6-8-19-14(2,3)11-17/h5,7,10H,4,6,8-9,11H2,1-3H3,(H,15,16). The summed E-state index contributed by atoms with van der Waals surface area (Å²) in [5.74, 6) is 2.23. The number of aliphatic imine (C=N–C) groups is 1. The molecule has 0 unspecified atom stereocenters. The normalized spacial score (nSPS) is 19.5. The molecule has 1 N–H and O–H groups in total. The summed E-state index contributed by atoms with van der Waals surface area (Å²) in [5, 5.41) is 7.70. The molecule has 2 heterocycles.